The Hall–Kier alpha value is -2.48. The summed E-state index contributed by atoms with van der Waals surface area (Å²) in [5.41, 5.74) is 3.93. The van der Waals surface area contributed by atoms with Crippen molar-refractivity contribution >= 4 is 67.6 Å². The zero-order valence-electron chi connectivity index (χ0n) is 17.6. The maximum atomic E-state index is 13.8. The third-order valence-corrected chi connectivity index (χ3v) is 8.11. The molecule has 1 amide bonds. The van der Waals surface area contributed by atoms with Gasteiger partial charge in [-0.15, -0.1) is 0 Å². The Balaban J connectivity index is 1.62. The molecular formula is C25H20BrN3OS2. The van der Waals surface area contributed by atoms with Crippen molar-refractivity contribution in [1.29, 1.82) is 0 Å². The van der Waals surface area contributed by atoms with E-state index >= 15 is 0 Å². The summed E-state index contributed by atoms with van der Waals surface area (Å²) < 4.78 is 0.994. The molecule has 0 saturated carbocycles. The van der Waals surface area contributed by atoms with Gasteiger partial charge < -0.3 is 4.90 Å². The smallest absolute Gasteiger partial charge is 0.274 e. The zero-order chi connectivity index (χ0) is 22.2. The maximum absolute atomic E-state index is 13.8. The van der Waals surface area contributed by atoms with Crippen LogP contribution in [0.1, 0.15) is 12.5 Å². The van der Waals surface area contributed by atoms with Gasteiger partial charge in [-0.1, -0.05) is 57.5 Å². The van der Waals surface area contributed by atoms with Gasteiger partial charge in [-0.05, 0) is 74.1 Å². The number of para-hydroxylation sites is 1. The molecule has 2 aliphatic heterocycles. The molecule has 2 aliphatic rings. The first-order valence-electron chi connectivity index (χ1n) is 10.3. The number of halogens is 1. The van der Waals surface area contributed by atoms with Crippen molar-refractivity contribution in [3.63, 3.8) is 0 Å². The molecule has 32 heavy (non-hydrogen) atoms. The summed E-state index contributed by atoms with van der Waals surface area (Å²) in [6.07, 6.45) is 0. The second-order valence-corrected chi connectivity index (χ2v) is 10.3. The van der Waals surface area contributed by atoms with E-state index in [2.05, 4.69) is 39.9 Å². The second-order valence-electron chi connectivity index (χ2n) is 7.40. The number of carbonyl (C=O) groups excluding carboxylic acids is 1. The maximum Gasteiger partial charge on any atom is 0.274 e. The van der Waals surface area contributed by atoms with E-state index in [1.165, 1.54) is 16.7 Å². The summed E-state index contributed by atoms with van der Waals surface area (Å²) in [6, 6.07) is 24.1. The molecule has 0 spiro atoms. The van der Waals surface area contributed by atoms with Gasteiger partial charge in [0, 0.05) is 15.9 Å². The predicted molar refractivity (Wildman–Crippen MR) is 140 cm³/mol. The highest BCUT2D eigenvalue weighted by Gasteiger charge is 2.40. The van der Waals surface area contributed by atoms with Crippen molar-refractivity contribution in [3.8, 4) is 0 Å². The first-order valence-corrected chi connectivity index (χ1v) is 12.7. The normalized spacial score (nSPS) is 19.2. The summed E-state index contributed by atoms with van der Waals surface area (Å²) >= 11 is 6.57. The molecular weight excluding hydrogens is 502 g/mol. The summed E-state index contributed by atoms with van der Waals surface area (Å²) in [6.45, 7) is 4.95. The summed E-state index contributed by atoms with van der Waals surface area (Å²) in [7, 11) is 0. The van der Waals surface area contributed by atoms with E-state index in [1.807, 2.05) is 67.6 Å². The first kappa shape index (κ1) is 21.4. The quantitative estimate of drug-likeness (QED) is 0.338. The van der Waals surface area contributed by atoms with Gasteiger partial charge in [-0.25, -0.2) is 4.99 Å². The van der Waals surface area contributed by atoms with Gasteiger partial charge in [-0.2, -0.15) is 0 Å². The fourth-order valence-electron chi connectivity index (χ4n) is 3.64. The predicted octanol–water partition coefficient (Wildman–Crippen LogP) is 7.33. The molecule has 3 aromatic carbocycles. The van der Waals surface area contributed by atoms with Crippen LogP contribution in [-0.2, 0) is 4.79 Å². The molecule has 160 valence electrons. The Morgan fingerprint density at radius 2 is 1.66 bits per heavy atom. The average Bonchev–Trinajstić information content (AvgIpc) is 3.33. The van der Waals surface area contributed by atoms with Crippen LogP contribution in [-0.4, -0.2) is 17.6 Å². The molecule has 4 nitrogen and oxygen atoms in total. The molecule has 0 aromatic heterocycles. The van der Waals surface area contributed by atoms with E-state index in [1.54, 1.807) is 16.7 Å². The van der Waals surface area contributed by atoms with Crippen LogP contribution >= 0.6 is 39.5 Å². The second kappa shape index (κ2) is 8.81. The number of anilines is 2. The summed E-state index contributed by atoms with van der Waals surface area (Å²) in [5, 5.41) is 1.64. The first-order chi connectivity index (χ1) is 15.5. The van der Waals surface area contributed by atoms with Crippen molar-refractivity contribution in [2.24, 2.45) is 4.99 Å². The Bertz CT molecular complexity index is 1250. The van der Waals surface area contributed by atoms with Crippen LogP contribution in [0.2, 0.25) is 0 Å². The van der Waals surface area contributed by atoms with E-state index in [9.17, 15) is 4.79 Å². The number of aliphatic imine (C=N–C) groups is 1. The lowest BCUT2D eigenvalue weighted by Crippen LogP contribution is -2.29. The highest BCUT2D eigenvalue weighted by molar-refractivity contribution is 9.10. The minimum absolute atomic E-state index is 0.0385. The molecule has 0 atom stereocenters. The molecule has 0 bridgehead atoms. The highest BCUT2D eigenvalue weighted by atomic mass is 79.9. The van der Waals surface area contributed by atoms with E-state index in [0.29, 0.717) is 10.1 Å². The van der Waals surface area contributed by atoms with Crippen LogP contribution in [0.3, 0.4) is 0 Å². The van der Waals surface area contributed by atoms with Gasteiger partial charge in [0.05, 0.1) is 17.1 Å². The Labute approximate surface area is 204 Å². The molecule has 2 heterocycles. The van der Waals surface area contributed by atoms with Crippen LogP contribution < -0.4 is 9.80 Å². The summed E-state index contributed by atoms with van der Waals surface area (Å²) in [5.74, 6) is -0.0385. The SMILES string of the molecule is CCN1C(=C2SC(=Nc3ccc(Br)cc3)N(c3ccc(C)cc3)C2=O)Sc2ccccc21. The van der Waals surface area contributed by atoms with Gasteiger partial charge in [0.25, 0.3) is 5.91 Å². The van der Waals surface area contributed by atoms with Crippen molar-refractivity contribution in [1.82, 2.24) is 0 Å². The third-order valence-electron chi connectivity index (χ3n) is 5.24. The Kier molecular flexibility index (Phi) is 5.88. The van der Waals surface area contributed by atoms with Crippen molar-refractivity contribution in [2.75, 3.05) is 16.3 Å². The van der Waals surface area contributed by atoms with Crippen LogP contribution in [0.5, 0.6) is 0 Å². The number of rotatable bonds is 3. The molecule has 0 radical (unpaired) electrons. The largest absolute Gasteiger partial charge is 0.334 e. The van der Waals surface area contributed by atoms with Crippen LogP contribution in [0.4, 0.5) is 17.1 Å². The minimum Gasteiger partial charge on any atom is -0.334 e. The van der Waals surface area contributed by atoms with E-state index in [4.69, 9.17) is 4.99 Å². The number of thioether (sulfide) groups is 2. The number of fused-ring (bicyclic) bond motifs is 1. The number of benzene rings is 3. The molecule has 3 aromatic rings. The molecule has 5 rings (SSSR count). The number of aryl methyl sites for hydroxylation is 1. The molecule has 1 saturated heterocycles. The minimum atomic E-state index is -0.0385. The van der Waals surface area contributed by atoms with Crippen molar-refractivity contribution < 1.29 is 4.79 Å². The zero-order valence-corrected chi connectivity index (χ0v) is 20.8. The van der Waals surface area contributed by atoms with Crippen molar-refractivity contribution in [2.45, 2.75) is 18.7 Å². The number of carbonyl (C=O) groups is 1. The third kappa shape index (κ3) is 3.89. The average molecular weight is 522 g/mol. The van der Waals surface area contributed by atoms with Gasteiger partial charge in [0.2, 0.25) is 0 Å². The molecule has 0 N–H and O–H groups in total. The number of hydrogen-bond acceptors (Lipinski definition) is 5. The van der Waals surface area contributed by atoms with Crippen LogP contribution in [0.25, 0.3) is 0 Å². The lowest BCUT2D eigenvalue weighted by Gasteiger charge is -2.19. The van der Waals surface area contributed by atoms with E-state index in [0.717, 1.165) is 38.7 Å². The lowest BCUT2D eigenvalue weighted by atomic mass is 10.2. The number of nitrogens with zero attached hydrogens (tertiary/aromatic N) is 3. The van der Waals surface area contributed by atoms with Gasteiger partial charge >= 0.3 is 0 Å². The number of amidine groups is 1. The molecule has 7 heteroatoms. The fourth-order valence-corrected chi connectivity index (χ4v) is 6.30. The molecule has 1 fully saturated rings. The topological polar surface area (TPSA) is 35.9 Å². The van der Waals surface area contributed by atoms with Crippen molar-refractivity contribution in [3.05, 3.63) is 92.8 Å². The van der Waals surface area contributed by atoms with Crippen LogP contribution in [0, 0.1) is 6.92 Å². The van der Waals surface area contributed by atoms with Crippen LogP contribution in [0.15, 0.2) is 97.1 Å². The highest BCUT2D eigenvalue weighted by Crippen LogP contribution is 2.51. The molecule has 0 aliphatic carbocycles. The van der Waals surface area contributed by atoms with E-state index in [-0.39, 0.29) is 5.91 Å². The number of hydrogen-bond donors (Lipinski definition) is 0. The standard InChI is InChI=1S/C25H20BrN3OS2/c1-3-28-20-6-4-5-7-21(20)31-24(28)22-23(30)29(19-14-8-16(2)9-15-19)25(32-22)27-18-12-10-17(26)11-13-18/h4-15H,3H2,1-2H3. The monoisotopic (exact) mass is 521 g/mol. The van der Waals surface area contributed by atoms with E-state index < -0.39 is 0 Å². The van der Waals surface area contributed by atoms with Gasteiger partial charge in [0.1, 0.15) is 9.93 Å². The van der Waals surface area contributed by atoms with Gasteiger partial charge in [0.15, 0.2) is 5.17 Å². The molecule has 0 unspecified atom stereocenters. The Morgan fingerprint density at radius 1 is 0.938 bits per heavy atom. The van der Waals surface area contributed by atoms with Gasteiger partial charge in [-0.3, -0.25) is 9.69 Å². The summed E-state index contributed by atoms with van der Waals surface area (Å²) in [4.78, 5) is 24.4. The number of amides is 1. The lowest BCUT2D eigenvalue weighted by molar-refractivity contribution is -0.113. The Morgan fingerprint density at radius 3 is 2.38 bits per heavy atom. The fraction of sp³-hybridized carbons (Fsp3) is 0.120.